The number of aryl methyl sites for hydroxylation is 1. The van der Waals surface area contributed by atoms with Gasteiger partial charge in [0.05, 0.1) is 12.0 Å². The van der Waals surface area contributed by atoms with Crippen molar-refractivity contribution < 1.29 is 27.8 Å². The lowest BCUT2D eigenvalue weighted by Crippen LogP contribution is -2.34. The van der Waals surface area contributed by atoms with Crippen molar-refractivity contribution in [1.29, 1.82) is 0 Å². The topological polar surface area (TPSA) is 49.8 Å². The standard InChI is InChI=1S/C30H38F3NO3/c1-2-22-19-25(9-11-26(22)24-12-15-34(16-13-24)17-14-29(35)36)37-20-21-8-10-27(23-6-4-3-5-7-23)28(18-21)30(31,32)33/h8-11,18-19,23-24H,2-7,12-17,20H2,1H3,(H,35,36). The Labute approximate surface area is 217 Å². The summed E-state index contributed by atoms with van der Waals surface area (Å²) in [4.78, 5) is 13.1. The van der Waals surface area contributed by atoms with Crippen LogP contribution in [0.2, 0.25) is 0 Å². The fraction of sp³-hybridized carbons (Fsp3) is 0.567. The van der Waals surface area contributed by atoms with Crippen molar-refractivity contribution in [3.05, 3.63) is 64.2 Å². The number of hydrogen-bond donors (Lipinski definition) is 1. The number of piperidine rings is 1. The van der Waals surface area contributed by atoms with Crippen LogP contribution in [0.4, 0.5) is 13.2 Å². The van der Waals surface area contributed by atoms with Crippen LogP contribution in [-0.2, 0) is 24.0 Å². The molecule has 0 unspecified atom stereocenters. The number of likely N-dealkylation sites (tertiary alicyclic amines) is 1. The molecular weight excluding hydrogens is 479 g/mol. The molecule has 4 nitrogen and oxygen atoms in total. The van der Waals surface area contributed by atoms with E-state index in [4.69, 9.17) is 9.84 Å². The number of benzene rings is 2. The summed E-state index contributed by atoms with van der Waals surface area (Å²) in [6.45, 7) is 4.56. The van der Waals surface area contributed by atoms with Crippen molar-refractivity contribution in [2.75, 3.05) is 19.6 Å². The largest absolute Gasteiger partial charge is 0.489 e. The molecule has 2 aromatic rings. The maximum absolute atomic E-state index is 13.9. The molecule has 0 atom stereocenters. The molecule has 1 aliphatic carbocycles. The number of rotatable bonds is 9. The van der Waals surface area contributed by atoms with E-state index in [-0.39, 0.29) is 18.9 Å². The second-order valence-corrected chi connectivity index (χ2v) is 10.5. The summed E-state index contributed by atoms with van der Waals surface area (Å²) in [5, 5.41) is 8.91. The van der Waals surface area contributed by atoms with Gasteiger partial charge in [0.1, 0.15) is 12.4 Å². The highest BCUT2D eigenvalue weighted by Gasteiger charge is 2.35. The molecular formula is C30H38F3NO3. The van der Waals surface area contributed by atoms with Crippen LogP contribution in [0.3, 0.4) is 0 Å². The zero-order chi connectivity index (χ0) is 26.4. The molecule has 1 heterocycles. The van der Waals surface area contributed by atoms with Crippen molar-refractivity contribution in [1.82, 2.24) is 4.90 Å². The Morgan fingerprint density at radius 3 is 2.30 bits per heavy atom. The molecule has 0 radical (unpaired) electrons. The molecule has 2 aliphatic rings. The minimum absolute atomic E-state index is 0.0102. The summed E-state index contributed by atoms with van der Waals surface area (Å²) in [7, 11) is 0. The molecule has 2 aromatic carbocycles. The van der Waals surface area contributed by atoms with Gasteiger partial charge in [-0.3, -0.25) is 4.79 Å². The third-order valence-electron chi connectivity index (χ3n) is 8.04. The number of carboxylic acids is 1. The van der Waals surface area contributed by atoms with E-state index in [1.165, 1.54) is 17.2 Å². The van der Waals surface area contributed by atoms with Gasteiger partial charge < -0.3 is 14.7 Å². The third kappa shape index (κ3) is 7.28. The van der Waals surface area contributed by atoms with E-state index in [1.807, 2.05) is 12.1 Å². The van der Waals surface area contributed by atoms with Gasteiger partial charge in [0.25, 0.3) is 0 Å². The van der Waals surface area contributed by atoms with Crippen molar-refractivity contribution in [3.8, 4) is 5.75 Å². The normalized spacial score (nSPS) is 18.2. The molecule has 0 bridgehead atoms. The van der Waals surface area contributed by atoms with Gasteiger partial charge in [0.2, 0.25) is 0 Å². The van der Waals surface area contributed by atoms with Crippen LogP contribution < -0.4 is 4.74 Å². The van der Waals surface area contributed by atoms with Gasteiger partial charge >= 0.3 is 12.1 Å². The van der Waals surface area contributed by atoms with Crippen molar-refractivity contribution in [2.24, 2.45) is 0 Å². The van der Waals surface area contributed by atoms with Gasteiger partial charge in [-0.15, -0.1) is 0 Å². The minimum atomic E-state index is -4.37. The first kappa shape index (κ1) is 27.5. The highest BCUT2D eigenvalue weighted by molar-refractivity contribution is 5.66. The van der Waals surface area contributed by atoms with Crippen LogP contribution in [0.5, 0.6) is 5.75 Å². The summed E-state index contributed by atoms with van der Waals surface area (Å²) in [5.74, 6) is 0.320. The Hall–Kier alpha value is -2.54. The predicted molar refractivity (Wildman–Crippen MR) is 138 cm³/mol. The van der Waals surface area contributed by atoms with Crippen molar-refractivity contribution in [2.45, 2.75) is 89.3 Å². The fourth-order valence-corrected chi connectivity index (χ4v) is 5.97. The van der Waals surface area contributed by atoms with Crippen molar-refractivity contribution in [3.63, 3.8) is 0 Å². The maximum Gasteiger partial charge on any atom is 0.416 e. The predicted octanol–water partition coefficient (Wildman–Crippen LogP) is 7.55. The van der Waals surface area contributed by atoms with Gasteiger partial charge in [0, 0.05) is 6.54 Å². The summed E-state index contributed by atoms with van der Waals surface area (Å²) in [6, 6.07) is 10.8. The number of halogens is 3. The molecule has 202 valence electrons. The Morgan fingerprint density at radius 2 is 1.65 bits per heavy atom. The van der Waals surface area contributed by atoms with Gasteiger partial charge in [-0.2, -0.15) is 13.2 Å². The van der Waals surface area contributed by atoms with E-state index in [2.05, 4.69) is 17.9 Å². The lowest BCUT2D eigenvalue weighted by molar-refractivity contribution is -0.139. The van der Waals surface area contributed by atoms with E-state index in [0.29, 0.717) is 29.3 Å². The second kappa shape index (κ2) is 12.3. The van der Waals surface area contributed by atoms with Crippen LogP contribution in [-0.4, -0.2) is 35.6 Å². The Balaban J connectivity index is 1.41. The van der Waals surface area contributed by atoms with Crippen LogP contribution in [0.15, 0.2) is 36.4 Å². The van der Waals surface area contributed by atoms with Gasteiger partial charge in [0.15, 0.2) is 0 Å². The van der Waals surface area contributed by atoms with E-state index in [0.717, 1.165) is 64.5 Å². The number of carbonyl (C=O) groups is 1. The molecule has 7 heteroatoms. The Bertz CT molecular complexity index is 1050. The number of alkyl halides is 3. The van der Waals surface area contributed by atoms with Crippen LogP contribution in [0.25, 0.3) is 0 Å². The first-order valence-corrected chi connectivity index (χ1v) is 13.6. The monoisotopic (exact) mass is 517 g/mol. The number of nitrogens with zero attached hydrogens (tertiary/aromatic N) is 1. The van der Waals surface area contributed by atoms with E-state index in [9.17, 15) is 18.0 Å². The van der Waals surface area contributed by atoms with Gasteiger partial charge in [-0.25, -0.2) is 0 Å². The molecule has 0 spiro atoms. The molecule has 37 heavy (non-hydrogen) atoms. The van der Waals surface area contributed by atoms with Crippen LogP contribution >= 0.6 is 0 Å². The zero-order valence-corrected chi connectivity index (χ0v) is 21.7. The van der Waals surface area contributed by atoms with Crippen LogP contribution in [0.1, 0.15) is 97.9 Å². The maximum atomic E-state index is 13.9. The molecule has 0 amide bonds. The molecule has 1 aliphatic heterocycles. The molecule has 1 saturated carbocycles. The minimum Gasteiger partial charge on any atom is -0.489 e. The SMILES string of the molecule is CCc1cc(OCc2ccc(C3CCCCC3)c(C(F)(F)F)c2)ccc1C1CCN(CCC(=O)O)CC1. The average Bonchev–Trinajstić information content (AvgIpc) is 2.90. The van der Waals surface area contributed by atoms with E-state index < -0.39 is 17.7 Å². The van der Waals surface area contributed by atoms with Gasteiger partial charge in [-0.05, 0) is 97.5 Å². The van der Waals surface area contributed by atoms with Crippen LogP contribution in [0, 0.1) is 0 Å². The number of aliphatic carboxylic acids is 1. The molecule has 0 aromatic heterocycles. The molecule has 1 saturated heterocycles. The summed E-state index contributed by atoms with van der Waals surface area (Å²) < 4.78 is 47.7. The molecule has 2 fully saturated rings. The molecule has 4 rings (SSSR count). The molecule has 1 N–H and O–H groups in total. The Kier molecular flexibility index (Phi) is 9.17. The Morgan fingerprint density at radius 1 is 0.973 bits per heavy atom. The number of carboxylic acid groups (broad SMARTS) is 1. The average molecular weight is 518 g/mol. The number of ether oxygens (including phenoxy) is 1. The lowest BCUT2D eigenvalue weighted by Gasteiger charge is -2.32. The summed E-state index contributed by atoms with van der Waals surface area (Å²) in [5.41, 5.74) is 2.94. The smallest absolute Gasteiger partial charge is 0.416 e. The quantitative estimate of drug-likeness (QED) is 0.373. The fourth-order valence-electron chi connectivity index (χ4n) is 5.97. The first-order chi connectivity index (χ1) is 17.7. The first-order valence-electron chi connectivity index (χ1n) is 13.6. The summed E-state index contributed by atoms with van der Waals surface area (Å²) >= 11 is 0. The van der Waals surface area contributed by atoms with E-state index in [1.54, 1.807) is 12.1 Å². The number of hydrogen-bond acceptors (Lipinski definition) is 3. The zero-order valence-electron chi connectivity index (χ0n) is 21.7. The second-order valence-electron chi connectivity index (χ2n) is 10.5. The highest BCUT2D eigenvalue weighted by atomic mass is 19.4. The highest BCUT2D eigenvalue weighted by Crippen LogP contribution is 2.41. The third-order valence-corrected chi connectivity index (χ3v) is 8.04. The van der Waals surface area contributed by atoms with Gasteiger partial charge in [-0.1, -0.05) is 44.4 Å². The van der Waals surface area contributed by atoms with E-state index >= 15 is 0 Å². The van der Waals surface area contributed by atoms with Crippen molar-refractivity contribution >= 4 is 5.97 Å². The lowest BCUT2D eigenvalue weighted by atomic mass is 9.81. The summed E-state index contributed by atoms with van der Waals surface area (Å²) in [6.07, 6.45) is 3.36.